The molecular formula is C14H18F2N2O. The number of benzene rings is 1. The molecule has 1 fully saturated rings. The number of anilines is 1. The number of halogens is 2. The fraction of sp³-hybridized carbons (Fsp3) is 0.500. The molecule has 1 amide bonds. The molecule has 0 aliphatic carbocycles. The summed E-state index contributed by atoms with van der Waals surface area (Å²) < 4.78 is 27.2. The highest BCUT2D eigenvalue weighted by Gasteiger charge is 2.18. The summed E-state index contributed by atoms with van der Waals surface area (Å²) in [6.07, 6.45) is 2.09. The highest BCUT2D eigenvalue weighted by molar-refractivity contribution is 5.91. The Morgan fingerprint density at radius 1 is 1.47 bits per heavy atom. The molecule has 1 unspecified atom stereocenters. The van der Waals surface area contributed by atoms with Gasteiger partial charge in [-0.15, -0.1) is 0 Å². The van der Waals surface area contributed by atoms with Crippen molar-refractivity contribution in [1.82, 2.24) is 5.32 Å². The predicted octanol–water partition coefficient (Wildman–Crippen LogP) is 2.60. The SMILES string of the molecule is Cc1ccc(F)c(NC(=O)CCC2CCNC2)c1F. The van der Waals surface area contributed by atoms with E-state index in [-0.39, 0.29) is 11.6 Å². The van der Waals surface area contributed by atoms with Gasteiger partial charge in [0.1, 0.15) is 11.5 Å². The average molecular weight is 268 g/mol. The minimum atomic E-state index is -0.737. The lowest BCUT2D eigenvalue weighted by Gasteiger charge is -2.11. The number of carbonyl (C=O) groups excluding carboxylic acids is 1. The molecule has 1 atom stereocenters. The van der Waals surface area contributed by atoms with Gasteiger partial charge >= 0.3 is 0 Å². The minimum Gasteiger partial charge on any atom is -0.321 e. The molecule has 1 aliphatic heterocycles. The molecule has 0 saturated carbocycles. The molecule has 1 aromatic rings. The lowest BCUT2D eigenvalue weighted by atomic mass is 10.0. The van der Waals surface area contributed by atoms with Gasteiger partial charge in [-0.3, -0.25) is 4.79 Å². The second-order valence-corrected chi connectivity index (χ2v) is 5.00. The summed E-state index contributed by atoms with van der Waals surface area (Å²) in [5.74, 6) is -1.29. The summed E-state index contributed by atoms with van der Waals surface area (Å²) in [6, 6.07) is 2.51. The van der Waals surface area contributed by atoms with Crippen LogP contribution in [0, 0.1) is 24.5 Å². The quantitative estimate of drug-likeness (QED) is 0.881. The molecule has 104 valence electrons. The van der Waals surface area contributed by atoms with Crippen LogP contribution in [0.4, 0.5) is 14.5 Å². The van der Waals surface area contributed by atoms with Crippen LogP contribution in [0.2, 0.25) is 0 Å². The van der Waals surface area contributed by atoms with Crippen molar-refractivity contribution in [2.45, 2.75) is 26.2 Å². The average Bonchev–Trinajstić information content (AvgIpc) is 2.90. The third-order valence-electron chi connectivity index (χ3n) is 3.49. The number of nitrogens with one attached hydrogen (secondary N) is 2. The fourth-order valence-electron chi connectivity index (χ4n) is 2.27. The summed E-state index contributed by atoms with van der Waals surface area (Å²) in [5, 5.41) is 5.55. The van der Waals surface area contributed by atoms with Crippen LogP contribution in [0.5, 0.6) is 0 Å². The summed E-state index contributed by atoms with van der Waals surface area (Å²) >= 11 is 0. The van der Waals surface area contributed by atoms with Crippen molar-refractivity contribution in [2.24, 2.45) is 5.92 Å². The Morgan fingerprint density at radius 3 is 2.95 bits per heavy atom. The first kappa shape index (κ1) is 13.9. The molecular weight excluding hydrogens is 250 g/mol. The van der Waals surface area contributed by atoms with Crippen molar-refractivity contribution in [3.63, 3.8) is 0 Å². The maximum Gasteiger partial charge on any atom is 0.224 e. The highest BCUT2D eigenvalue weighted by atomic mass is 19.1. The van der Waals surface area contributed by atoms with E-state index < -0.39 is 11.6 Å². The van der Waals surface area contributed by atoms with E-state index in [9.17, 15) is 13.6 Å². The van der Waals surface area contributed by atoms with E-state index in [1.54, 1.807) is 0 Å². The van der Waals surface area contributed by atoms with Crippen LogP contribution < -0.4 is 10.6 Å². The normalized spacial score (nSPS) is 18.6. The van der Waals surface area contributed by atoms with Crippen molar-refractivity contribution in [1.29, 1.82) is 0 Å². The van der Waals surface area contributed by atoms with Crippen molar-refractivity contribution < 1.29 is 13.6 Å². The van der Waals surface area contributed by atoms with E-state index in [1.165, 1.54) is 13.0 Å². The molecule has 1 saturated heterocycles. The van der Waals surface area contributed by atoms with Crippen molar-refractivity contribution in [3.8, 4) is 0 Å². The number of rotatable bonds is 4. The van der Waals surface area contributed by atoms with E-state index in [2.05, 4.69) is 10.6 Å². The zero-order valence-electron chi connectivity index (χ0n) is 10.9. The molecule has 1 heterocycles. The van der Waals surface area contributed by atoms with Gasteiger partial charge in [0.15, 0.2) is 5.82 Å². The van der Waals surface area contributed by atoms with E-state index in [1.807, 2.05) is 0 Å². The summed E-state index contributed by atoms with van der Waals surface area (Å²) in [4.78, 5) is 11.7. The molecule has 0 bridgehead atoms. The molecule has 1 aromatic carbocycles. The van der Waals surface area contributed by atoms with Gasteiger partial charge in [-0.1, -0.05) is 6.07 Å². The van der Waals surface area contributed by atoms with Crippen LogP contribution in [-0.4, -0.2) is 19.0 Å². The zero-order chi connectivity index (χ0) is 13.8. The van der Waals surface area contributed by atoms with Gasteiger partial charge in [0.25, 0.3) is 0 Å². The van der Waals surface area contributed by atoms with Gasteiger partial charge < -0.3 is 10.6 Å². The lowest BCUT2D eigenvalue weighted by molar-refractivity contribution is -0.116. The molecule has 0 spiro atoms. The molecule has 2 N–H and O–H groups in total. The van der Waals surface area contributed by atoms with Gasteiger partial charge in [-0.25, -0.2) is 8.78 Å². The van der Waals surface area contributed by atoms with Crippen LogP contribution in [0.25, 0.3) is 0 Å². The van der Waals surface area contributed by atoms with Crippen LogP contribution >= 0.6 is 0 Å². The third kappa shape index (κ3) is 3.50. The Balaban J connectivity index is 1.93. The van der Waals surface area contributed by atoms with Crippen molar-refractivity contribution in [2.75, 3.05) is 18.4 Å². The minimum absolute atomic E-state index is 0.291. The van der Waals surface area contributed by atoms with E-state index in [0.717, 1.165) is 32.0 Å². The van der Waals surface area contributed by atoms with Gasteiger partial charge in [-0.05, 0) is 50.4 Å². The Morgan fingerprint density at radius 2 is 2.26 bits per heavy atom. The standard InChI is InChI=1S/C14H18F2N2O/c1-9-2-4-11(15)14(13(9)16)18-12(19)5-3-10-6-7-17-8-10/h2,4,10,17H,3,5-8H2,1H3,(H,18,19). The smallest absolute Gasteiger partial charge is 0.224 e. The number of carbonyl (C=O) groups is 1. The fourth-order valence-corrected chi connectivity index (χ4v) is 2.27. The van der Waals surface area contributed by atoms with Crippen molar-refractivity contribution in [3.05, 3.63) is 29.3 Å². The zero-order valence-corrected chi connectivity index (χ0v) is 10.9. The first-order valence-electron chi connectivity index (χ1n) is 6.53. The Labute approximate surface area is 111 Å². The van der Waals surface area contributed by atoms with E-state index in [4.69, 9.17) is 0 Å². The van der Waals surface area contributed by atoms with Gasteiger partial charge in [0, 0.05) is 6.42 Å². The molecule has 1 aliphatic rings. The summed E-state index contributed by atoms with van der Waals surface area (Å²) in [6.45, 7) is 3.43. The molecule has 0 aromatic heterocycles. The number of aryl methyl sites for hydroxylation is 1. The predicted molar refractivity (Wildman–Crippen MR) is 69.9 cm³/mol. The van der Waals surface area contributed by atoms with Crippen LogP contribution in [0.1, 0.15) is 24.8 Å². The Hall–Kier alpha value is -1.49. The Bertz CT molecular complexity index is 471. The van der Waals surface area contributed by atoms with E-state index >= 15 is 0 Å². The second kappa shape index (κ2) is 6.10. The highest BCUT2D eigenvalue weighted by Crippen LogP contribution is 2.22. The molecule has 2 rings (SSSR count). The van der Waals surface area contributed by atoms with Gasteiger partial charge in [-0.2, -0.15) is 0 Å². The molecule has 3 nitrogen and oxygen atoms in total. The van der Waals surface area contributed by atoms with Gasteiger partial charge in [0.2, 0.25) is 5.91 Å². The van der Waals surface area contributed by atoms with Gasteiger partial charge in [0.05, 0.1) is 0 Å². The maximum atomic E-state index is 13.7. The van der Waals surface area contributed by atoms with Crippen LogP contribution in [0.3, 0.4) is 0 Å². The number of hydrogen-bond donors (Lipinski definition) is 2. The van der Waals surface area contributed by atoms with Crippen molar-refractivity contribution >= 4 is 11.6 Å². The summed E-state index contributed by atoms with van der Waals surface area (Å²) in [7, 11) is 0. The molecule has 0 radical (unpaired) electrons. The first-order valence-corrected chi connectivity index (χ1v) is 6.53. The molecule has 19 heavy (non-hydrogen) atoms. The number of hydrogen-bond acceptors (Lipinski definition) is 2. The Kier molecular flexibility index (Phi) is 4.47. The largest absolute Gasteiger partial charge is 0.321 e. The monoisotopic (exact) mass is 268 g/mol. The topological polar surface area (TPSA) is 41.1 Å². The van der Waals surface area contributed by atoms with E-state index in [0.29, 0.717) is 17.9 Å². The lowest BCUT2D eigenvalue weighted by Crippen LogP contribution is -2.16. The van der Waals surface area contributed by atoms with Crippen LogP contribution in [-0.2, 0) is 4.79 Å². The third-order valence-corrected chi connectivity index (χ3v) is 3.49. The number of amides is 1. The first-order chi connectivity index (χ1) is 9.08. The summed E-state index contributed by atoms with van der Waals surface area (Å²) in [5.41, 5.74) is -0.0220. The second-order valence-electron chi connectivity index (χ2n) is 5.00. The molecule has 5 heteroatoms. The van der Waals surface area contributed by atoms with Crippen LogP contribution in [0.15, 0.2) is 12.1 Å². The maximum absolute atomic E-state index is 13.7.